The van der Waals surface area contributed by atoms with Gasteiger partial charge >= 0.3 is 5.97 Å². The van der Waals surface area contributed by atoms with Crippen molar-refractivity contribution >= 4 is 81.9 Å². The molecule has 8 rings (SSSR count). The Balaban J connectivity index is 0.817. The number of fused-ring (bicyclic) bond motifs is 5. The zero-order valence-corrected chi connectivity index (χ0v) is 49.8. The van der Waals surface area contributed by atoms with Crippen molar-refractivity contribution in [1.29, 1.82) is 0 Å². The van der Waals surface area contributed by atoms with E-state index >= 15 is 4.39 Å². The summed E-state index contributed by atoms with van der Waals surface area (Å²) < 4.78 is 33.0. The van der Waals surface area contributed by atoms with Gasteiger partial charge in [-0.15, -0.1) is 0 Å². The van der Waals surface area contributed by atoms with Crippen LogP contribution in [0, 0.1) is 18.7 Å². The summed E-state index contributed by atoms with van der Waals surface area (Å²) in [6.45, 7) is 4.40. The minimum absolute atomic E-state index is 0.0156. The lowest BCUT2D eigenvalue weighted by atomic mass is 9.81. The van der Waals surface area contributed by atoms with E-state index in [1.54, 1.807) is 27.7 Å². The first-order valence-electron chi connectivity index (χ1n) is 29.1. The van der Waals surface area contributed by atoms with E-state index in [-0.39, 0.29) is 55.7 Å². The third-order valence-electron chi connectivity index (χ3n) is 16.3. The highest BCUT2D eigenvalue weighted by Gasteiger charge is 2.47. The van der Waals surface area contributed by atoms with Crippen LogP contribution in [0.25, 0.3) is 22.3 Å². The number of nitrogens with one attached hydrogen (secondary N) is 8. The monoisotopic (exact) mass is 1260 g/mol. The number of carbonyl (C=O) groups excluding carboxylic acids is 12. The van der Waals surface area contributed by atoms with Gasteiger partial charge in [-0.2, -0.15) is 0 Å². The van der Waals surface area contributed by atoms with Gasteiger partial charge in [0.1, 0.15) is 68.7 Å². The second-order valence-electron chi connectivity index (χ2n) is 22.8. The number of nitrogens with zero attached hydrogens (tertiary/aromatic N) is 3. The van der Waals surface area contributed by atoms with E-state index in [0.29, 0.717) is 56.8 Å². The van der Waals surface area contributed by atoms with Crippen LogP contribution in [0.3, 0.4) is 0 Å². The Bertz CT molecular complexity index is 3540. The van der Waals surface area contributed by atoms with Crippen molar-refractivity contribution in [2.45, 2.75) is 147 Å². The van der Waals surface area contributed by atoms with E-state index in [0.717, 1.165) is 12.2 Å². The number of aliphatic hydroxyl groups excluding tert-OH is 2. The number of ether oxygens (including phenoxy) is 3. The van der Waals surface area contributed by atoms with Crippen molar-refractivity contribution in [3.8, 4) is 11.4 Å². The fourth-order valence-corrected chi connectivity index (χ4v) is 11.3. The molecule has 0 unspecified atom stereocenters. The fraction of sp³-hybridized carbons (Fsp3) is 0.517. The number of aryl methyl sites for hydroxylation is 1. The molecule has 3 aromatic rings. The van der Waals surface area contributed by atoms with Crippen molar-refractivity contribution in [1.82, 2.24) is 57.0 Å². The number of pyridine rings is 2. The fourth-order valence-electron chi connectivity index (χ4n) is 11.3. The summed E-state index contributed by atoms with van der Waals surface area (Å²) >= 11 is 0. The molecule has 1 aliphatic carbocycles. The topological polar surface area (TPSA) is 454 Å². The third kappa shape index (κ3) is 14.6. The van der Waals surface area contributed by atoms with Crippen LogP contribution in [0.2, 0.25) is 0 Å². The van der Waals surface area contributed by atoms with Gasteiger partial charge in [0.2, 0.25) is 53.2 Å². The van der Waals surface area contributed by atoms with Gasteiger partial charge in [0.15, 0.2) is 5.60 Å². The van der Waals surface area contributed by atoms with Gasteiger partial charge < -0.3 is 82.4 Å². The molecule has 2 aromatic heterocycles. The Morgan fingerprint density at radius 2 is 1.54 bits per heavy atom. The number of halogens is 1. The van der Waals surface area contributed by atoms with Crippen LogP contribution in [0.1, 0.15) is 106 Å². The van der Waals surface area contributed by atoms with Gasteiger partial charge in [-0.1, -0.05) is 20.8 Å². The van der Waals surface area contributed by atoms with Gasteiger partial charge in [0.05, 0.1) is 54.1 Å². The highest BCUT2D eigenvalue weighted by Crippen LogP contribution is 2.46. The summed E-state index contributed by atoms with van der Waals surface area (Å²) in [5.74, 6) is -10.5. The maximum Gasteiger partial charge on any atom is 0.343 e. The number of amides is 11. The zero-order valence-electron chi connectivity index (χ0n) is 49.8. The predicted molar refractivity (Wildman–Crippen MR) is 307 cm³/mol. The molecule has 11 amide bonds. The van der Waals surface area contributed by atoms with Crippen LogP contribution in [0.5, 0.6) is 0 Å². The highest BCUT2D eigenvalue weighted by molar-refractivity contribution is 6.14. The Labute approximate surface area is 512 Å². The van der Waals surface area contributed by atoms with Crippen LogP contribution in [0.4, 0.5) is 4.39 Å². The molecule has 5 aliphatic rings. The molecule has 4 aliphatic heterocycles. The van der Waals surface area contributed by atoms with Crippen LogP contribution in [0.15, 0.2) is 29.1 Å². The lowest BCUT2D eigenvalue weighted by molar-refractivity contribution is -0.172. The minimum atomic E-state index is -2.08. The number of imide groups is 1. The van der Waals surface area contributed by atoms with E-state index in [2.05, 4.69) is 42.5 Å². The molecule has 13 N–H and O–H groups in total. The lowest BCUT2D eigenvalue weighted by Gasteiger charge is -2.31. The number of esters is 1. The number of benzene rings is 1. The molecule has 1 saturated heterocycles. The molecule has 90 heavy (non-hydrogen) atoms. The van der Waals surface area contributed by atoms with Crippen LogP contribution in [-0.4, -0.2) is 183 Å². The van der Waals surface area contributed by atoms with Crippen LogP contribution < -0.4 is 53.8 Å². The van der Waals surface area contributed by atoms with E-state index in [4.69, 9.17) is 24.9 Å². The lowest BCUT2D eigenvalue weighted by Crippen LogP contribution is -2.58. The quantitative estimate of drug-likeness (QED) is 0.0116. The van der Waals surface area contributed by atoms with E-state index in [1.807, 2.05) is 0 Å². The summed E-state index contributed by atoms with van der Waals surface area (Å²) in [6.07, 6.45) is -4.31. The second-order valence-corrected chi connectivity index (χ2v) is 22.8. The number of aliphatic hydroxyl groups is 3. The second kappa shape index (κ2) is 28.2. The molecule has 31 nitrogen and oxygen atoms in total. The van der Waals surface area contributed by atoms with Crippen molar-refractivity contribution in [2.24, 2.45) is 11.7 Å². The number of cyclic esters (lactones) is 1. The molecule has 0 saturated carbocycles. The molecular formula is C58H71FN12O19. The normalized spacial score (nSPS) is 21.3. The van der Waals surface area contributed by atoms with E-state index < -0.39 is 188 Å². The van der Waals surface area contributed by atoms with Crippen molar-refractivity contribution in [3.63, 3.8) is 0 Å². The Morgan fingerprint density at radius 1 is 0.833 bits per heavy atom. The standard InChI is InChI=1S/C58H71FN12O19/c1-6-58(87)31-15-36-50-29(20-70(36)56(85)30(31)22-89-57(58)86)48-33(8-7-28-26(4)32(59)16-35(68-50)47(28)48)66-44(77)23-88-24-64-42(75)19-63-53(82)27(5)65-55(84)49(25(2)3)69-54(83)34(67-41(74)13-14-61-43(76)21-71-45(78)11-12-46(71)79)9-10-40(73)62-18-38-52(81)51(80)37(90-38)17-39(60)72/h11-12,15-16,25,27,33-34,37-38,49,51-52,80-81,87H,6-10,13-14,17-24H2,1-5H3,(H2,60,72)(H,61,76)(H,62,73)(H,63,82)(H,64,75)(H,65,84)(H,66,77)(H,67,74)(H,69,83)/t27-,33-,34-,37-,38+,49-,51-,52+,58-/m0/s1. The predicted octanol–water partition coefficient (Wildman–Crippen LogP) is -4.34. The van der Waals surface area contributed by atoms with Gasteiger partial charge in [0.25, 0.3) is 17.4 Å². The summed E-state index contributed by atoms with van der Waals surface area (Å²) in [4.78, 5) is 173. The SMILES string of the molecule is CC[C@@]1(O)C(=O)OCc2c1cc1n(c2=O)Cc2c-1nc1cc(F)c(C)c3c1c2[C@@H](NC(=O)COCNC(=O)CNC(=O)[C@H](C)NC(=O)[C@@H](NC(=O)[C@H](CCC(=O)NC[C@H]1O[C@@H](CC(N)=O)[C@H](O)[C@@H]1O)NC(=O)CCNC(=O)CN1C(=O)C=CC1=O)C(C)C)CC3. The number of aromatic nitrogens is 2. The zero-order chi connectivity index (χ0) is 65.6. The average molecular weight is 1260 g/mol. The number of rotatable bonds is 27. The van der Waals surface area contributed by atoms with Crippen molar-refractivity contribution in [3.05, 3.63) is 73.8 Å². The highest BCUT2D eigenvalue weighted by atomic mass is 19.1. The first-order valence-corrected chi connectivity index (χ1v) is 29.1. The van der Waals surface area contributed by atoms with Crippen molar-refractivity contribution in [2.75, 3.05) is 39.5 Å². The molecule has 484 valence electrons. The molecule has 32 heteroatoms. The summed E-state index contributed by atoms with van der Waals surface area (Å²) in [5.41, 5.74) is 5.99. The average Bonchev–Trinajstić information content (AvgIpc) is 1.45. The molecule has 0 bridgehead atoms. The van der Waals surface area contributed by atoms with Crippen LogP contribution >= 0.6 is 0 Å². The first-order chi connectivity index (χ1) is 42.6. The number of carbonyl (C=O) groups is 12. The van der Waals surface area contributed by atoms with E-state index in [9.17, 15) is 77.6 Å². The number of hydrogen-bond acceptors (Lipinski definition) is 20. The van der Waals surface area contributed by atoms with Crippen LogP contribution in [-0.2, 0) is 96.9 Å². The van der Waals surface area contributed by atoms with Gasteiger partial charge in [-0.05, 0) is 68.2 Å². The Morgan fingerprint density at radius 3 is 2.23 bits per heavy atom. The van der Waals surface area contributed by atoms with Gasteiger partial charge in [0, 0.05) is 60.7 Å². The minimum Gasteiger partial charge on any atom is -0.458 e. The molecule has 0 radical (unpaired) electrons. The first kappa shape index (κ1) is 66.8. The third-order valence-corrected chi connectivity index (χ3v) is 16.3. The van der Waals surface area contributed by atoms with Gasteiger partial charge in [-0.25, -0.2) is 14.2 Å². The summed E-state index contributed by atoms with van der Waals surface area (Å²) in [5, 5.41) is 52.7. The number of primary amides is 1. The smallest absolute Gasteiger partial charge is 0.343 e. The molecule has 1 fully saturated rings. The maximum atomic E-state index is 15.4. The summed E-state index contributed by atoms with van der Waals surface area (Å²) in [6, 6.07) is -2.02. The summed E-state index contributed by atoms with van der Waals surface area (Å²) in [7, 11) is 0. The maximum absolute atomic E-state index is 15.4. The molecular weight excluding hydrogens is 1190 g/mol. The molecule has 6 heterocycles. The largest absolute Gasteiger partial charge is 0.458 e. The number of nitrogens with two attached hydrogens (primary N) is 1. The molecule has 0 spiro atoms. The van der Waals surface area contributed by atoms with E-state index in [1.165, 1.54) is 23.6 Å². The number of hydrogen-bond donors (Lipinski definition) is 12. The Kier molecular flexibility index (Phi) is 20.9. The van der Waals surface area contributed by atoms with Crippen molar-refractivity contribution < 1.29 is 91.5 Å². The molecule has 9 atom stereocenters. The van der Waals surface area contributed by atoms with Gasteiger partial charge in [-0.3, -0.25) is 62.4 Å². The molecule has 1 aromatic carbocycles. The Hall–Kier alpha value is -9.11.